The van der Waals surface area contributed by atoms with Gasteiger partial charge in [-0.15, -0.1) is 0 Å². The first-order valence-corrected chi connectivity index (χ1v) is 3.84. The molecule has 0 rings (SSSR count). The SMILES string of the molecule is O=S(=O)([O-])[O-].O=[Si]([O-])[O-].[Ca+2].[Ca+2]. The summed E-state index contributed by atoms with van der Waals surface area (Å²) in [5.74, 6) is 0. The second-order valence-corrected chi connectivity index (χ2v) is 1.97. The van der Waals surface area contributed by atoms with Gasteiger partial charge in [0, 0.05) is 19.6 Å². The summed E-state index contributed by atoms with van der Waals surface area (Å²) in [6, 6.07) is 0. The Labute approximate surface area is 124 Å². The van der Waals surface area contributed by atoms with Crippen molar-refractivity contribution >= 4 is 95.0 Å². The normalized spacial score (nSPS) is 7.45. The summed E-state index contributed by atoms with van der Waals surface area (Å²) in [4.78, 5) is 17.0. The first-order valence-electron chi connectivity index (χ1n) is 1.28. The Hall–Kier alpha value is 2.01. The van der Waals surface area contributed by atoms with Gasteiger partial charge in [-0.05, 0) is 0 Å². The summed E-state index contributed by atoms with van der Waals surface area (Å²) >= 11 is 0. The van der Waals surface area contributed by atoms with Crippen molar-refractivity contribution < 1.29 is 31.6 Å². The Balaban J connectivity index is -0.0000000383. The number of rotatable bonds is 0. The predicted molar refractivity (Wildman–Crippen MR) is 28.4 cm³/mol. The largest absolute Gasteiger partial charge is 2.00 e. The van der Waals surface area contributed by atoms with E-state index in [9.17, 15) is 0 Å². The molecule has 0 aliphatic rings. The first kappa shape index (κ1) is 23.1. The Morgan fingerprint density at radius 3 is 1.00 bits per heavy atom. The van der Waals surface area contributed by atoms with Crippen molar-refractivity contribution in [3.05, 3.63) is 0 Å². The summed E-state index contributed by atoms with van der Waals surface area (Å²) in [5.41, 5.74) is 0. The van der Waals surface area contributed by atoms with E-state index in [2.05, 4.69) is 0 Å². The van der Waals surface area contributed by atoms with Crippen molar-refractivity contribution in [2.75, 3.05) is 0 Å². The van der Waals surface area contributed by atoms with Crippen molar-refractivity contribution in [1.82, 2.24) is 0 Å². The van der Waals surface area contributed by atoms with Crippen LogP contribution in [-0.2, 0) is 14.9 Å². The molecule has 11 heavy (non-hydrogen) atoms. The van der Waals surface area contributed by atoms with E-state index in [1.54, 1.807) is 0 Å². The third kappa shape index (κ3) is 299. The van der Waals surface area contributed by atoms with Gasteiger partial charge in [0.2, 0.25) is 0 Å². The van der Waals surface area contributed by atoms with Gasteiger partial charge in [-0.3, -0.25) is 8.42 Å². The molecule has 0 N–H and O–H groups in total. The Bertz CT molecular complexity index is 159. The fourth-order valence-corrected chi connectivity index (χ4v) is 0. The van der Waals surface area contributed by atoms with E-state index in [-0.39, 0.29) is 75.5 Å². The van der Waals surface area contributed by atoms with Crippen molar-refractivity contribution in [3.8, 4) is 0 Å². The molecule has 11 heteroatoms. The van der Waals surface area contributed by atoms with Crippen LogP contribution in [0.5, 0.6) is 0 Å². The van der Waals surface area contributed by atoms with E-state index in [1.165, 1.54) is 0 Å². The Morgan fingerprint density at radius 2 is 1.00 bits per heavy atom. The monoisotopic (exact) mass is 252 g/mol. The van der Waals surface area contributed by atoms with Gasteiger partial charge >= 0.3 is 75.5 Å². The van der Waals surface area contributed by atoms with E-state index in [4.69, 9.17) is 31.6 Å². The van der Waals surface area contributed by atoms with E-state index >= 15 is 0 Å². The molecule has 0 fully saturated rings. The molecule has 0 aromatic rings. The second kappa shape index (κ2) is 12.0. The van der Waals surface area contributed by atoms with Gasteiger partial charge in [0.15, 0.2) is 0 Å². The van der Waals surface area contributed by atoms with Crippen molar-refractivity contribution in [2.24, 2.45) is 0 Å². The molecular weight excluding hydrogens is 252 g/mol. The van der Waals surface area contributed by atoms with Crippen molar-refractivity contribution in [3.63, 3.8) is 0 Å². The maximum atomic E-state index is 8.52. The first-order chi connectivity index (χ1) is 3.73. The third-order valence-electron chi connectivity index (χ3n) is 0. The Kier molecular flexibility index (Phi) is 25.2. The van der Waals surface area contributed by atoms with Gasteiger partial charge in [-0.1, -0.05) is 0 Å². The fourth-order valence-electron chi connectivity index (χ4n) is 0. The zero-order valence-corrected chi connectivity index (χ0v) is 11.4. The van der Waals surface area contributed by atoms with E-state index in [0.717, 1.165) is 0 Å². The van der Waals surface area contributed by atoms with E-state index < -0.39 is 19.6 Å². The number of hydrogen-bond acceptors (Lipinski definition) is 7. The zero-order chi connectivity index (χ0) is 8.08. The summed E-state index contributed by atoms with van der Waals surface area (Å²) < 4.78 is 42.6. The predicted octanol–water partition coefficient (Wildman–Crippen LogP) is -4.98. The molecule has 0 amide bonds. The van der Waals surface area contributed by atoms with Crippen LogP contribution in [0.2, 0.25) is 0 Å². The van der Waals surface area contributed by atoms with E-state index in [1.807, 2.05) is 0 Å². The molecule has 7 nitrogen and oxygen atoms in total. The number of hydrogen-bond donors (Lipinski definition) is 0. The Morgan fingerprint density at radius 1 is 1.00 bits per heavy atom. The molecular formula is Ca2O7SSi. The smallest absolute Gasteiger partial charge is 0.759 e. The van der Waals surface area contributed by atoms with Crippen LogP contribution in [0.3, 0.4) is 0 Å². The van der Waals surface area contributed by atoms with Gasteiger partial charge in [-0.2, -0.15) is 0 Å². The van der Waals surface area contributed by atoms with Crippen LogP contribution in [0, 0.1) is 0 Å². The van der Waals surface area contributed by atoms with Gasteiger partial charge < -0.3 is 23.2 Å². The van der Waals surface area contributed by atoms with Crippen molar-refractivity contribution in [2.45, 2.75) is 0 Å². The second-order valence-electron chi connectivity index (χ2n) is 0.658. The van der Waals surface area contributed by atoms with Crippen LogP contribution >= 0.6 is 0 Å². The van der Waals surface area contributed by atoms with Gasteiger partial charge in [0.05, 0.1) is 0 Å². The summed E-state index contributed by atoms with van der Waals surface area (Å²) in [7, 11) is -8.80. The van der Waals surface area contributed by atoms with Crippen LogP contribution in [0.4, 0.5) is 0 Å². The molecule has 0 radical (unpaired) electrons. The van der Waals surface area contributed by atoms with Crippen LogP contribution in [0.15, 0.2) is 0 Å². The van der Waals surface area contributed by atoms with Gasteiger partial charge in [0.25, 0.3) is 0 Å². The molecule has 0 spiro atoms. The summed E-state index contributed by atoms with van der Waals surface area (Å²) in [5, 5.41) is 0. The van der Waals surface area contributed by atoms with Crippen LogP contribution in [0.1, 0.15) is 0 Å². The minimum atomic E-state index is -5.17. The fraction of sp³-hybridized carbons (Fsp3) is 0. The summed E-state index contributed by atoms with van der Waals surface area (Å²) in [6.07, 6.45) is 0. The molecule has 56 valence electrons. The maximum Gasteiger partial charge on any atom is 2.00 e. The molecule has 0 bridgehead atoms. The topological polar surface area (TPSA) is 143 Å². The molecule has 0 atom stereocenters. The van der Waals surface area contributed by atoms with Crippen LogP contribution < -0.4 is 9.59 Å². The standard InChI is InChI=1S/2Ca.H2O4S.O3Si/c;;1-5(2,3)4;1-4(2)3/h;;(H2,1,2,3,4);/q2*+2;;-2/p-2. The quantitative estimate of drug-likeness (QED) is 0.238. The molecule has 0 aliphatic heterocycles. The molecule has 0 saturated heterocycles. The summed E-state index contributed by atoms with van der Waals surface area (Å²) in [6.45, 7) is 0. The zero-order valence-electron chi connectivity index (χ0n) is 5.18. The maximum absolute atomic E-state index is 8.52. The van der Waals surface area contributed by atoms with Crippen molar-refractivity contribution in [1.29, 1.82) is 0 Å². The molecule has 0 aromatic carbocycles. The average Bonchev–Trinajstić information content (AvgIpc) is 1.19. The molecule has 0 unspecified atom stereocenters. The van der Waals surface area contributed by atoms with Crippen LogP contribution in [-0.4, -0.2) is 102 Å². The minimum Gasteiger partial charge on any atom is -0.759 e. The molecule has 0 saturated carbocycles. The van der Waals surface area contributed by atoms with Crippen LogP contribution in [0.25, 0.3) is 0 Å². The third-order valence-corrected chi connectivity index (χ3v) is 0. The molecule has 0 heterocycles. The van der Waals surface area contributed by atoms with Gasteiger partial charge in [-0.25, -0.2) is 0 Å². The molecule has 0 aromatic heterocycles. The minimum absolute atomic E-state index is 0. The van der Waals surface area contributed by atoms with Gasteiger partial charge in [0.1, 0.15) is 0 Å². The average molecular weight is 252 g/mol. The molecule has 0 aliphatic carbocycles. The van der Waals surface area contributed by atoms with E-state index in [0.29, 0.717) is 0 Å².